The summed E-state index contributed by atoms with van der Waals surface area (Å²) in [5.74, 6) is 2.11. The van der Waals surface area contributed by atoms with Gasteiger partial charge in [-0.3, -0.25) is 9.69 Å². The van der Waals surface area contributed by atoms with Crippen LogP contribution in [-0.4, -0.2) is 35.0 Å². The molecule has 6 heteroatoms. The molecule has 1 atom stereocenters. The smallest absolute Gasteiger partial charge is 0.273 e. The van der Waals surface area contributed by atoms with Crippen LogP contribution >= 0.6 is 0 Å². The molecule has 0 saturated carbocycles. The van der Waals surface area contributed by atoms with Crippen LogP contribution in [-0.2, 0) is 13.1 Å². The molecule has 1 heterocycles. The van der Waals surface area contributed by atoms with Crippen molar-refractivity contribution in [2.75, 3.05) is 13.2 Å². The summed E-state index contributed by atoms with van der Waals surface area (Å²) in [6.07, 6.45) is 1.44. The number of amides is 1. The van der Waals surface area contributed by atoms with E-state index in [1.165, 1.54) is 11.8 Å². The number of benzene rings is 1. The Labute approximate surface area is 174 Å². The van der Waals surface area contributed by atoms with Crippen LogP contribution in [0.25, 0.3) is 0 Å². The van der Waals surface area contributed by atoms with E-state index >= 15 is 0 Å². The van der Waals surface area contributed by atoms with Crippen molar-refractivity contribution >= 4 is 5.91 Å². The average Bonchev–Trinajstić information content (AvgIpc) is 3.15. The van der Waals surface area contributed by atoms with Crippen molar-refractivity contribution < 1.29 is 13.9 Å². The Bertz CT molecular complexity index is 753. The van der Waals surface area contributed by atoms with E-state index in [-0.39, 0.29) is 5.91 Å². The molecule has 2 aromatic rings. The number of carbonyl (C=O) groups excluding carboxylic acids is 1. The first-order valence-electron chi connectivity index (χ1n) is 10.5. The maximum absolute atomic E-state index is 12.2. The van der Waals surface area contributed by atoms with Crippen molar-refractivity contribution in [3.05, 3.63) is 47.7 Å². The molecular formula is C23H35N3O3. The standard InChI is InChI=1S/C23H35N3O3/c1-7-28-20-10-8-19(9-11-20)13-26(18(6)17(4)5)14-22-25-21(15-29-22)23(27)24-12-16(2)3/h8-11,15-18H,7,12-14H2,1-6H3,(H,24,27)/t18-/m0/s1. The molecule has 29 heavy (non-hydrogen) atoms. The number of oxazole rings is 1. The first-order chi connectivity index (χ1) is 13.8. The van der Waals surface area contributed by atoms with Crippen LogP contribution < -0.4 is 10.1 Å². The lowest BCUT2D eigenvalue weighted by Gasteiger charge is -2.30. The first-order valence-corrected chi connectivity index (χ1v) is 10.5. The molecule has 0 saturated heterocycles. The summed E-state index contributed by atoms with van der Waals surface area (Å²) >= 11 is 0. The number of nitrogens with zero attached hydrogens (tertiary/aromatic N) is 2. The van der Waals surface area contributed by atoms with E-state index in [9.17, 15) is 4.79 Å². The molecule has 1 aromatic heterocycles. The van der Waals surface area contributed by atoms with Crippen LogP contribution in [0.2, 0.25) is 0 Å². The maximum atomic E-state index is 12.2. The van der Waals surface area contributed by atoms with Gasteiger partial charge in [-0.25, -0.2) is 4.98 Å². The lowest BCUT2D eigenvalue weighted by atomic mass is 10.0. The lowest BCUT2D eigenvalue weighted by molar-refractivity contribution is 0.0943. The largest absolute Gasteiger partial charge is 0.494 e. The highest BCUT2D eigenvalue weighted by molar-refractivity contribution is 5.91. The first kappa shape index (κ1) is 22.9. The molecule has 160 valence electrons. The van der Waals surface area contributed by atoms with E-state index < -0.39 is 0 Å². The van der Waals surface area contributed by atoms with Crippen LogP contribution in [0.5, 0.6) is 5.75 Å². The van der Waals surface area contributed by atoms with E-state index in [4.69, 9.17) is 9.15 Å². The molecule has 0 unspecified atom stereocenters. The third-order valence-electron chi connectivity index (χ3n) is 4.95. The van der Waals surface area contributed by atoms with Gasteiger partial charge in [0, 0.05) is 19.1 Å². The summed E-state index contributed by atoms with van der Waals surface area (Å²) in [6.45, 7) is 15.3. The second kappa shape index (κ2) is 11.0. The van der Waals surface area contributed by atoms with E-state index in [1.54, 1.807) is 0 Å². The second-order valence-electron chi connectivity index (χ2n) is 8.20. The Balaban J connectivity index is 2.08. The van der Waals surface area contributed by atoms with Gasteiger partial charge in [0.05, 0.1) is 13.2 Å². The molecule has 0 aliphatic rings. The number of nitrogens with one attached hydrogen (secondary N) is 1. The monoisotopic (exact) mass is 401 g/mol. The zero-order valence-corrected chi connectivity index (χ0v) is 18.6. The molecule has 0 radical (unpaired) electrons. The Morgan fingerprint density at radius 3 is 2.41 bits per heavy atom. The third kappa shape index (κ3) is 7.20. The van der Waals surface area contributed by atoms with Gasteiger partial charge in [0.2, 0.25) is 5.89 Å². The summed E-state index contributed by atoms with van der Waals surface area (Å²) in [7, 11) is 0. The third-order valence-corrected chi connectivity index (χ3v) is 4.95. The molecule has 0 aliphatic heterocycles. The SMILES string of the molecule is CCOc1ccc(CN(Cc2nc(C(=O)NCC(C)C)co2)[C@@H](C)C(C)C)cc1. The molecule has 6 nitrogen and oxygen atoms in total. The van der Waals surface area contributed by atoms with Gasteiger partial charge >= 0.3 is 0 Å². The fourth-order valence-electron chi connectivity index (χ4n) is 2.91. The Kier molecular flexibility index (Phi) is 8.70. The van der Waals surface area contributed by atoms with Gasteiger partial charge in [-0.2, -0.15) is 0 Å². The summed E-state index contributed by atoms with van der Waals surface area (Å²) in [4.78, 5) is 18.9. The number of ether oxygens (including phenoxy) is 1. The predicted molar refractivity (Wildman–Crippen MR) is 115 cm³/mol. The Hall–Kier alpha value is -2.34. The van der Waals surface area contributed by atoms with Crippen LogP contribution in [0.15, 0.2) is 34.9 Å². The van der Waals surface area contributed by atoms with Crippen molar-refractivity contribution in [3.63, 3.8) is 0 Å². The van der Waals surface area contributed by atoms with Crippen LogP contribution in [0.3, 0.4) is 0 Å². The van der Waals surface area contributed by atoms with Gasteiger partial charge in [0.25, 0.3) is 5.91 Å². The van der Waals surface area contributed by atoms with Crippen LogP contribution in [0.4, 0.5) is 0 Å². The van der Waals surface area contributed by atoms with Crippen molar-refractivity contribution in [3.8, 4) is 5.75 Å². The van der Waals surface area contributed by atoms with Crippen LogP contribution in [0.1, 0.15) is 63.5 Å². The zero-order valence-electron chi connectivity index (χ0n) is 18.6. The minimum absolute atomic E-state index is 0.191. The molecule has 0 bridgehead atoms. The molecule has 2 rings (SSSR count). The number of rotatable bonds is 11. The fourth-order valence-corrected chi connectivity index (χ4v) is 2.91. The molecule has 0 spiro atoms. The van der Waals surface area contributed by atoms with Gasteiger partial charge < -0.3 is 14.5 Å². The highest BCUT2D eigenvalue weighted by atomic mass is 16.5. The lowest BCUT2D eigenvalue weighted by Crippen LogP contribution is -2.36. The maximum Gasteiger partial charge on any atom is 0.273 e. The van der Waals surface area contributed by atoms with E-state index in [1.807, 2.05) is 19.1 Å². The minimum Gasteiger partial charge on any atom is -0.494 e. The quantitative estimate of drug-likeness (QED) is 0.600. The topological polar surface area (TPSA) is 67.6 Å². The van der Waals surface area contributed by atoms with Crippen molar-refractivity contribution in [2.45, 2.75) is 60.7 Å². The van der Waals surface area contributed by atoms with Crippen LogP contribution in [0, 0.1) is 11.8 Å². The van der Waals surface area contributed by atoms with Gasteiger partial charge in [-0.05, 0) is 43.4 Å². The molecule has 0 aliphatic carbocycles. The number of hydrogen-bond donors (Lipinski definition) is 1. The molecule has 1 aromatic carbocycles. The van der Waals surface area contributed by atoms with E-state index in [2.05, 4.69) is 62.0 Å². The van der Waals surface area contributed by atoms with Crippen molar-refractivity contribution in [2.24, 2.45) is 11.8 Å². The molecule has 1 amide bonds. The fraction of sp³-hybridized carbons (Fsp3) is 0.565. The normalized spacial score (nSPS) is 12.6. The predicted octanol–water partition coefficient (Wildman–Crippen LogP) is 4.51. The second-order valence-corrected chi connectivity index (χ2v) is 8.20. The highest BCUT2D eigenvalue weighted by Gasteiger charge is 2.21. The van der Waals surface area contributed by atoms with Gasteiger partial charge in [0.1, 0.15) is 12.0 Å². The molecule has 0 fully saturated rings. The molecule has 1 N–H and O–H groups in total. The Morgan fingerprint density at radius 1 is 1.14 bits per heavy atom. The van der Waals surface area contributed by atoms with Gasteiger partial charge in [0.15, 0.2) is 5.69 Å². The highest BCUT2D eigenvalue weighted by Crippen LogP contribution is 2.20. The summed E-state index contributed by atoms with van der Waals surface area (Å²) < 4.78 is 11.1. The Morgan fingerprint density at radius 2 is 1.83 bits per heavy atom. The number of hydrogen-bond acceptors (Lipinski definition) is 5. The summed E-state index contributed by atoms with van der Waals surface area (Å²) in [5, 5.41) is 2.87. The average molecular weight is 402 g/mol. The zero-order chi connectivity index (χ0) is 21.4. The van der Waals surface area contributed by atoms with Gasteiger partial charge in [-0.15, -0.1) is 0 Å². The van der Waals surface area contributed by atoms with E-state index in [0.717, 1.165) is 12.3 Å². The minimum atomic E-state index is -0.191. The van der Waals surface area contributed by atoms with Crippen molar-refractivity contribution in [1.82, 2.24) is 15.2 Å². The van der Waals surface area contributed by atoms with Gasteiger partial charge in [-0.1, -0.05) is 39.8 Å². The summed E-state index contributed by atoms with van der Waals surface area (Å²) in [6, 6.07) is 8.50. The van der Waals surface area contributed by atoms with E-state index in [0.29, 0.717) is 49.2 Å². The summed E-state index contributed by atoms with van der Waals surface area (Å²) in [5.41, 5.74) is 1.53. The number of aromatic nitrogens is 1. The number of carbonyl (C=O) groups is 1. The molecular weight excluding hydrogens is 366 g/mol. The van der Waals surface area contributed by atoms with Crippen molar-refractivity contribution in [1.29, 1.82) is 0 Å².